The molecule has 1 aromatic carbocycles. The lowest BCUT2D eigenvalue weighted by Gasteiger charge is -2.16. The van der Waals surface area contributed by atoms with E-state index < -0.39 is 10.0 Å². The average Bonchev–Trinajstić information content (AvgIpc) is 2.84. The van der Waals surface area contributed by atoms with E-state index in [1.807, 2.05) is 12.3 Å². The lowest BCUT2D eigenvalue weighted by atomic mass is 10.2. The molecule has 0 unspecified atom stereocenters. The van der Waals surface area contributed by atoms with Gasteiger partial charge >= 0.3 is 0 Å². The molecule has 0 saturated carbocycles. The van der Waals surface area contributed by atoms with E-state index in [4.69, 9.17) is 5.73 Å². The molecule has 0 amide bonds. The number of hydrogen-bond acceptors (Lipinski definition) is 5. The lowest BCUT2D eigenvalue weighted by molar-refractivity contribution is 0.463. The van der Waals surface area contributed by atoms with E-state index in [9.17, 15) is 8.42 Å². The van der Waals surface area contributed by atoms with Gasteiger partial charge in [0.05, 0.1) is 22.1 Å². The highest BCUT2D eigenvalue weighted by Gasteiger charge is 2.21. The number of sulfonamides is 1. The fraction of sp³-hybridized carbons (Fsp3) is 0.308. The molecule has 5 nitrogen and oxygen atoms in total. The molecule has 0 saturated heterocycles. The van der Waals surface area contributed by atoms with Crippen LogP contribution in [0.25, 0.3) is 0 Å². The summed E-state index contributed by atoms with van der Waals surface area (Å²) in [6.45, 7) is 2.56. The smallest absolute Gasteiger partial charge is 0.243 e. The molecule has 0 bridgehead atoms. The van der Waals surface area contributed by atoms with Crippen LogP contribution in [0.2, 0.25) is 0 Å². The molecule has 20 heavy (non-hydrogen) atoms. The van der Waals surface area contributed by atoms with Gasteiger partial charge in [-0.2, -0.15) is 4.31 Å². The van der Waals surface area contributed by atoms with Crippen LogP contribution < -0.4 is 5.73 Å². The maximum atomic E-state index is 12.4. The molecule has 0 atom stereocenters. The van der Waals surface area contributed by atoms with Crippen LogP contribution >= 0.6 is 11.3 Å². The van der Waals surface area contributed by atoms with Crippen molar-refractivity contribution in [3.8, 4) is 0 Å². The first-order valence-corrected chi connectivity index (χ1v) is 8.42. The van der Waals surface area contributed by atoms with Gasteiger partial charge in [-0.05, 0) is 24.6 Å². The molecule has 2 aromatic rings. The van der Waals surface area contributed by atoms with Gasteiger partial charge in [-0.1, -0.05) is 12.1 Å². The number of rotatable bonds is 5. The molecule has 0 fully saturated rings. The van der Waals surface area contributed by atoms with E-state index in [2.05, 4.69) is 4.98 Å². The van der Waals surface area contributed by atoms with Gasteiger partial charge in [0.15, 0.2) is 0 Å². The summed E-state index contributed by atoms with van der Waals surface area (Å²) in [5.74, 6) is 0. The average molecular weight is 311 g/mol. The Labute approximate surface area is 123 Å². The molecule has 2 rings (SSSR count). The van der Waals surface area contributed by atoms with Crippen molar-refractivity contribution in [2.45, 2.75) is 24.9 Å². The highest BCUT2D eigenvalue weighted by molar-refractivity contribution is 7.89. The molecule has 108 valence electrons. The zero-order valence-corrected chi connectivity index (χ0v) is 13.0. The van der Waals surface area contributed by atoms with Crippen LogP contribution in [0.1, 0.15) is 16.3 Å². The van der Waals surface area contributed by atoms with E-state index in [0.717, 1.165) is 16.3 Å². The highest BCUT2D eigenvalue weighted by Crippen LogP contribution is 2.18. The minimum Gasteiger partial charge on any atom is -0.326 e. The van der Waals surface area contributed by atoms with Crippen LogP contribution in [-0.4, -0.2) is 24.8 Å². The maximum absolute atomic E-state index is 12.4. The number of hydrogen-bond donors (Lipinski definition) is 1. The van der Waals surface area contributed by atoms with Crippen LogP contribution in [0, 0.1) is 6.92 Å². The minimum absolute atomic E-state index is 0.268. The Morgan fingerprint density at radius 1 is 1.30 bits per heavy atom. The van der Waals surface area contributed by atoms with Crippen molar-refractivity contribution < 1.29 is 8.42 Å². The van der Waals surface area contributed by atoms with Crippen LogP contribution in [0.15, 0.2) is 34.5 Å². The monoisotopic (exact) mass is 311 g/mol. The first-order chi connectivity index (χ1) is 9.43. The van der Waals surface area contributed by atoms with Gasteiger partial charge in [0, 0.05) is 19.0 Å². The zero-order valence-electron chi connectivity index (χ0n) is 11.4. The van der Waals surface area contributed by atoms with E-state index in [1.165, 1.54) is 15.6 Å². The maximum Gasteiger partial charge on any atom is 0.243 e. The summed E-state index contributed by atoms with van der Waals surface area (Å²) in [5, 5.41) is 2.80. The predicted octanol–water partition coefficient (Wildman–Crippen LogP) is 1.73. The van der Waals surface area contributed by atoms with Gasteiger partial charge < -0.3 is 5.73 Å². The molecule has 0 aliphatic heterocycles. The largest absolute Gasteiger partial charge is 0.326 e. The Morgan fingerprint density at radius 2 is 1.95 bits per heavy atom. The van der Waals surface area contributed by atoms with Gasteiger partial charge in [0.2, 0.25) is 10.0 Å². The summed E-state index contributed by atoms with van der Waals surface area (Å²) in [6.07, 6.45) is 0. The summed E-state index contributed by atoms with van der Waals surface area (Å²) in [5.41, 5.74) is 7.17. The van der Waals surface area contributed by atoms with Crippen molar-refractivity contribution in [1.82, 2.24) is 9.29 Å². The molecule has 1 heterocycles. The Kier molecular flexibility index (Phi) is 4.54. The quantitative estimate of drug-likeness (QED) is 0.912. The second kappa shape index (κ2) is 6.01. The number of aromatic nitrogens is 1. The molecule has 2 N–H and O–H groups in total. The van der Waals surface area contributed by atoms with Gasteiger partial charge in [-0.15, -0.1) is 11.3 Å². The first-order valence-electron chi connectivity index (χ1n) is 6.10. The van der Waals surface area contributed by atoms with Crippen molar-refractivity contribution in [3.63, 3.8) is 0 Å². The molecular weight excluding hydrogens is 294 g/mol. The number of benzene rings is 1. The summed E-state index contributed by atoms with van der Waals surface area (Å²) in [6, 6.07) is 6.63. The van der Waals surface area contributed by atoms with Crippen molar-refractivity contribution in [1.29, 1.82) is 0 Å². The van der Waals surface area contributed by atoms with Crippen molar-refractivity contribution >= 4 is 21.4 Å². The van der Waals surface area contributed by atoms with Crippen LogP contribution in [0.3, 0.4) is 0 Å². The lowest BCUT2D eigenvalue weighted by Crippen LogP contribution is -2.26. The van der Waals surface area contributed by atoms with Gasteiger partial charge in [0.1, 0.15) is 0 Å². The fourth-order valence-corrected chi connectivity index (χ4v) is 3.52. The third-order valence-corrected chi connectivity index (χ3v) is 5.56. The molecule has 0 aliphatic rings. The first kappa shape index (κ1) is 15.1. The predicted molar refractivity (Wildman–Crippen MR) is 79.8 cm³/mol. The van der Waals surface area contributed by atoms with Crippen LogP contribution in [-0.2, 0) is 23.1 Å². The summed E-state index contributed by atoms with van der Waals surface area (Å²) in [7, 11) is -1.94. The standard InChI is InChI=1S/C13H17N3O2S2/c1-10-15-12(9-19-10)8-16(2)20(17,18)13-5-3-11(7-14)4-6-13/h3-6,9H,7-8,14H2,1-2H3. The molecular formula is C13H17N3O2S2. The molecule has 0 aliphatic carbocycles. The third-order valence-electron chi connectivity index (χ3n) is 2.92. The van der Waals surface area contributed by atoms with Crippen molar-refractivity contribution in [2.75, 3.05) is 7.05 Å². The third kappa shape index (κ3) is 3.24. The van der Waals surface area contributed by atoms with Gasteiger partial charge in [-0.25, -0.2) is 13.4 Å². The van der Waals surface area contributed by atoms with Gasteiger partial charge in [-0.3, -0.25) is 0 Å². The molecule has 1 aromatic heterocycles. The normalized spacial score (nSPS) is 12.0. The minimum atomic E-state index is -3.50. The zero-order chi connectivity index (χ0) is 14.8. The number of thiazole rings is 1. The van der Waals surface area contributed by atoms with Crippen LogP contribution in [0.5, 0.6) is 0 Å². The number of aryl methyl sites for hydroxylation is 1. The molecule has 7 heteroatoms. The van der Waals surface area contributed by atoms with E-state index >= 15 is 0 Å². The highest BCUT2D eigenvalue weighted by atomic mass is 32.2. The van der Waals surface area contributed by atoms with E-state index in [1.54, 1.807) is 31.3 Å². The molecule has 0 spiro atoms. The fourth-order valence-electron chi connectivity index (χ4n) is 1.77. The molecule has 0 radical (unpaired) electrons. The van der Waals surface area contributed by atoms with E-state index in [-0.39, 0.29) is 11.4 Å². The summed E-state index contributed by atoms with van der Waals surface area (Å²) in [4.78, 5) is 4.55. The van der Waals surface area contributed by atoms with Crippen molar-refractivity contribution in [2.24, 2.45) is 5.73 Å². The number of nitrogens with two attached hydrogens (primary N) is 1. The summed E-state index contributed by atoms with van der Waals surface area (Å²) >= 11 is 1.51. The van der Waals surface area contributed by atoms with Gasteiger partial charge in [0.25, 0.3) is 0 Å². The second-order valence-corrected chi connectivity index (χ2v) is 7.57. The second-order valence-electron chi connectivity index (χ2n) is 4.47. The summed E-state index contributed by atoms with van der Waals surface area (Å²) < 4.78 is 26.1. The Balaban J connectivity index is 2.19. The van der Waals surface area contributed by atoms with Crippen LogP contribution in [0.4, 0.5) is 0 Å². The Morgan fingerprint density at radius 3 is 2.45 bits per heavy atom. The Hall–Kier alpha value is -1.28. The Bertz CT molecular complexity index is 678. The van der Waals surface area contributed by atoms with Crippen molar-refractivity contribution in [3.05, 3.63) is 45.9 Å². The topological polar surface area (TPSA) is 76.3 Å². The SMILES string of the molecule is Cc1nc(CN(C)S(=O)(=O)c2ccc(CN)cc2)cs1. The van der Waals surface area contributed by atoms with E-state index in [0.29, 0.717) is 6.54 Å². The number of nitrogens with zero attached hydrogens (tertiary/aromatic N) is 2.